The highest BCUT2D eigenvalue weighted by Gasteiger charge is 2.38. The Morgan fingerprint density at radius 1 is 1.10 bits per heavy atom. The molecule has 1 aliphatic rings. The standard InChI is InChI=1S/C24H33N3O2/c1-6-25(4)24(29)21-14-12-20(13-15-21)22(19-10-8-7-9-11-19)27-16-17(2)26(5)23(28)18(27)3/h7-15,17-18,22-23,28H,6,16H2,1-5H3/t17-,18-,22?,23?/m0/s1. The number of hydrogen-bond acceptors (Lipinski definition) is 4. The summed E-state index contributed by atoms with van der Waals surface area (Å²) in [5.74, 6) is 0.0346. The number of carbonyl (C=O) groups excluding carboxylic acids is 1. The number of aliphatic hydroxyl groups is 1. The van der Waals surface area contributed by atoms with Crippen molar-refractivity contribution in [2.24, 2.45) is 0 Å². The third kappa shape index (κ3) is 4.37. The molecule has 2 unspecified atom stereocenters. The minimum absolute atomic E-state index is 0.0186. The molecule has 1 aliphatic heterocycles. The minimum Gasteiger partial charge on any atom is -0.377 e. The Kier molecular flexibility index (Phi) is 6.73. The zero-order valence-electron chi connectivity index (χ0n) is 18.1. The first-order valence-corrected chi connectivity index (χ1v) is 10.4. The van der Waals surface area contributed by atoms with Crippen LogP contribution in [0.25, 0.3) is 0 Å². The molecule has 29 heavy (non-hydrogen) atoms. The summed E-state index contributed by atoms with van der Waals surface area (Å²) in [6, 6.07) is 18.6. The molecular weight excluding hydrogens is 362 g/mol. The predicted molar refractivity (Wildman–Crippen MR) is 117 cm³/mol. The van der Waals surface area contributed by atoms with Crippen molar-refractivity contribution in [3.8, 4) is 0 Å². The summed E-state index contributed by atoms with van der Waals surface area (Å²) in [6.07, 6.45) is -0.524. The zero-order valence-corrected chi connectivity index (χ0v) is 18.1. The summed E-state index contributed by atoms with van der Waals surface area (Å²) < 4.78 is 0. The van der Waals surface area contributed by atoms with Crippen LogP contribution < -0.4 is 0 Å². The van der Waals surface area contributed by atoms with Gasteiger partial charge in [0, 0.05) is 37.8 Å². The highest BCUT2D eigenvalue weighted by molar-refractivity contribution is 5.94. The fourth-order valence-electron chi connectivity index (χ4n) is 4.10. The number of aliphatic hydroxyl groups excluding tert-OH is 1. The van der Waals surface area contributed by atoms with Crippen molar-refractivity contribution in [2.45, 2.75) is 45.1 Å². The van der Waals surface area contributed by atoms with Crippen LogP contribution in [0, 0.1) is 0 Å². The van der Waals surface area contributed by atoms with Crippen LogP contribution in [0.1, 0.15) is 48.3 Å². The van der Waals surface area contributed by atoms with Crippen molar-refractivity contribution in [3.05, 3.63) is 71.3 Å². The maximum Gasteiger partial charge on any atom is 0.253 e. The van der Waals surface area contributed by atoms with Crippen molar-refractivity contribution in [3.63, 3.8) is 0 Å². The van der Waals surface area contributed by atoms with E-state index in [1.807, 2.05) is 44.1 Å². The second-order valence-corrected chi connectivity index (χ2v) is 8.12. The molecule has 3 rings (SSSR count). The van der Waals surface area contributed by atoms with Gasteiger partial charge in [0.05, 0.1) is 6.04 Å². The third-order valence-electron chi connectivity index (χ3n) is 6.28. The van der Waals surface area contributed by atoms with Crippen LogP contribution in [0.15, 0.2) is 54.6 Å². The van der Waals surface area contributed by atoms with Crippen LogP contribution in [-0.2, 0) is 0 Å². The van der Waals surface area contributed by atoms with E-state index in [4.69, 9.17) is 0 Å². The van der Waals surface area contributed by atoms with Crippen LogP contribution >= 0.6 is 0 Å². The van der Waals surface area contributed by atoms with Crippen LogP contribution in [0.4, 0.5) is 0 Å². The zero-order chi connectivity index (χ0) is 21.1. The highest BCUT2D eigenvalue weighted by atomic mass is 16.3. The van der Waals surface area contributed by atoms with Crippen LogP contribution in [0.5, 0.6) is 0 Å². The molecule has 5 nitrogen and oxygen atoms in total. The van der Waals surface area contributed by atoms with E-state index in [-0.39, 0.29) is 24.0 Å². The maximum atomic E-state index is 12.5. The van der Waals surface area contributed by atoms with Gasteiger partial charge >= 0.3 is 0 Å². The molecular formula is C24H33N3O2. The molecule has 5 heteroatoms. The van der Waals surface area contributed by atoms with Gasteiger partial charge in [-0.1, -0.05) is 42.5 Å². The fourth-order valence-corrected chi connectivity index (χ4v) is 4.10. The summed E-state index contributed by atoms with van der Waals surface area (Å²) in [6.45, 7) is 7.73. The average Bonchev–Trinajstić information content (AvgIpc) is 2.76. The molecule has 0 aromatic heterocycles. The largest absolute Gasteiger partial charge is 0.377 e. The average molecular weight is 396 g/mol. The Morgan fingerprint density at radius 3 is 2.28 bits per heavy atom. The molecule has 1 amide bonds. The molecule has 0 radical (unpaired) electrons. The van der Waals surface area contributed by atoms with E-state index < -0.39 is 6.23 Å². The predicted octanol–water partition coefficient (Wildman–Crippen LogP) is 3.21. The van der Waals surface area contributed by atoms with Gasteiger partial charge < -0.3 is 10.0 Å². The molecule has 2 aromatic carbocycles. The molecule has 1 fully saturated rings. The summed E-state index contributed by atoms with van der Waals surface area (Å²) >= 11 is 0. The van der Waals surface area contributed by atoms with Gasteiger partial charge in [0.25, 0.3) is 5.91 Å². The quantitative estimate of drug-likeness (QED) is 0.845. The van der Waals surface area contributed by atoms with E-state index in [2.05, 4.69) is 55.1 Å². The first-order valence-electron chi connectivity index (χ1n) is 10.4. The maximum absolute atomic E-state index is 12.5. The Morgan fingerprint density at radius 2 is 1.69 bits per heavy atom. The van der Waals surface area contributed by atoms with Gasteiger partial charge in [-0.2, -0.15) is 0 Å². The molecule has 1 saturated heterocycles. The lowest BCUT2D eigenvalue weighted by Gasteiger charge is -2.49. The van der Waals surface area contributed by atoms with Crippen LogP contribution in [0.3, 0.4) is 0 Å². The molecule has 0 bridgehead atoms. The van der Waals surface area contributed by atoms with Gasteiger partial charge in [-0.15, -0.1) is 0 Å². The number of likely N-dealkylation sites (N-methyl/N-ethyl adjacent to an activating group) is 1. The summed E-state index contributed by atoms with van der Waals surface area (Å²) in [5.41, 5.74) is 3.01. The van der Waals surface area contributed by atoms with Gasteiger partial charge in [-0.25, -0.2) is 0 Å². The third-order valence-corrected chi connectivity index (χ3v) is 6.28. The van der Waals surface area contributed by atoms with E-state index >= 15 is 0 Å². The van der Waals surface area contributed by atoms with E-state index in [1.165, 1.54) is 5.56 Å². The molecule has 0 saturated carbocycles. The van der Waals surface area contributed by atoms with E-state index in [0.717, 1.165) is 12.1 Å². The van der Waals surface area contributed by atoms with Gasteiger partial charge in [0.2, 0.25) is 0 Å². The first-order chi connectivity index (χ1) is 13.8. The van der Waals surface area contributed by atoms with E-state index in [1.54, 1.807) is 4.90 Å². The Bertz CT molecular complexity index is 809. The number of piperazine rings is 1. The number of amides is 1. The lowest BCUT2D eigenvalue weighted by atomic mass is 9.92. The molecule has 4 atom stereocenters. The van der Waals surface area contributed by atoms with E-state index in [9.17, 15) is 9.90 Å². The topological polar surface area (TPSA) is 47.0 Å². The minimum atomic E-state index is -0.524. The lowest BCUT2D eigenvalue weighted by molar-refractivity contribution is -0.111. The lowest BCUT2D eigenvalue weighted by Crippen LogP contribution is -2.61. The molecule has 1 N–H and O–H groups in total. The second-order valence-electron chi connectivity index (χ2n) is 8.12. The molecule has 0 spiro atoms. The molecule has 2 aromatic rings. The van der Waals surface area contributed by atoms with E-state index in [0.29, 0.717) is 12.1 Å². The fraction of sp³-hybridized carbons (Fsp3) is 0.458. The monoisotopic (exact) mass is 395 g/mol. The van der Waals surface area contributed by atoms with Crippen molar-refractivity contribution in [1.29, 1.82) is 0 Å². The van der Waals surface area contributed by atoms with Gasteiger partial charge in [-0.3, -0.25) is 14.6 Å². The first kappa shape index (κ1) is 21.5. The molecule has 156 valence electrons. The Hall–Kier alpha value is -2.21. The Balaban J connectivity index is 1.98. The highest BCUT2D eigenvalue weighted by Crippen LogP contribution is 2.34. The molecule has 0 aliphatic carbocycles. The summed E-state index contributed by atoms with van der Waals surface area (Å²) in [7, 11) is 3.79. The van der Waals surface area contributed by atoms with Crippen molar-refractivity contribution in [1.82, 2.24) is 14.7 Å². The number of nitrogens with zero attached hydrogens (tertiary/aromatic N) is 3. The summed E-state index contributed by atoms with van der Waals surface area (Å²) in [5, 5.41) is 10.8. The van der Waals surface area contributed by atoms with Gasteiger partial charge in [0.15, 0.2) is 0 Å². The molecule has 1 heterocycles. The van der Waals surface area contributed by atoms with Crippen molar-refractivity contribution < 1.29 is 9.90 Å². The number of hydrogen-bond donors (Lipinski definition) is 1. The van der Waals surface area contributed by atoms with Crippen molar-refractivity contribution >= 4 is 5.91 Å². The normalized spacial score (nSPS) is 24.3. The second kappa shape index (κ2) is 9.08. The smallest absolute Gasteiger partial charge is 0.253 e. The van der Waals surface area contributed by atoms with Gasteiger partial charge in [0.1, 0.15) is 6.23 Å². The number of benzene rings is 2. The summed E-state index contributed by atoms with van der Waals surface area (Å²) in [4.78, 5) is 18.6. The van der Waals surface area contributed by atoms with Crippen LogP contribution in [-0.4, -0.2) is 71.2 Å². The SMILES string of the molecule is CCN(C)C(=O)c1ccc(C(c2ccccc2)N2C[C@H](C)N(C)C(O)[C@@H]2C)cc1. The van der Waals surface area contributed by atoms with Crippen LogP contribution in [0.2, 0.25) is 0 Å². The number of rotatable bonds is 5. The number of carbonyl (C=O) groups is 1. The van der Waals surface area contributed by atoms with Gasteiger partial charge in [-0.05, 0) is 51.1 Å². The Labute approximate surface area is 174 Å². The van der Waals surface area contributed by atoms with Crippen molar-refractivity contribution in [2.75, 3.05) is 27.2 Å².